The number of hydrogen-bond donors (Lipinski definition) is 0. The largest absolute Gasteiger partial charge is 0.501 e. The van der Waals surface area contributed by atoms with Crippen LogP contribution in [0.25, 0.3) is 55.6 Å². The van der Waals surface area contributed by atoms with Crippen molar-refractivity contribution in [3.8, 4) is 33.6 Å². The van der Waals surface area contributed by atoms with Gasteiger partial charge < -0.3 is 14.4 Å². The first-order valence-electron chi connectivity index (χ1n) is 15.1. The fourth-order valence-electron chi connectivity index (χ4n) is 5.60. The molecule has 0 bridgehead atoms. The molecule has 0 amide bonds. The van der Waals surface area contributed by atoms with E-state index >= 15 is 0 Å². The first-order chi connectivity index (χ1) is 22.2. The summed E-state index contributed by atoms with van der Waals surface area (Å²) in [6.07, 6.45) is 3.67. The summed E-state index contributed by atoms with van der Waals surface area (Å²) in [5, 5.41) is 2.19. The van der Waals surface area contributed by atoms with Crippen molar-refractivity contribution in [2.45, 2.75) is 12.8 Å². The molecule has 1 atom stereocenters. The van der Waals surface area contributed by atoms with Crippen LogP contribution < -0.4 is 0 Å². The van der Waals surface area contributed by atoms with Crippen LogP contribution in [-0.4, -0.2) is 9.97 Å². The van der Waals surface area contributed by atoms with E-state index in [-0.39, 0.29) is 26.0 Å². The van der Waals surface area contributed by atoms with Crippen molar-refractivity contribution in [2.75, 3.05) is 0 Å². The molecule has 0 fully saturated rings. The van der Waals surface area contributed by atoms with Crippen LogP contribution in [0.1, 0.15) is 24.0 Å². The van der Waals surface area contributed by atoms with Gasteiger partial charge in [0.05, 0.1) is 5.58 Å². The van der Waals surface area contributed by atoms with Crippen LogP contribution in [0.2, 0.25) is 0 Å². The molecule has 0 saturated heterocycles. The zero-order valence-corrected chi connectivity index (χ0v) is 27.6. The molecule has 3 heterocycles. The topological polar surface area (TPSA) is 38.9 Å². The minimum atomic E-state index is 0. The Morgan fingerprint density at radius 1 is 0.565 bits per heavy atom. The molecule has 225 valence electrons. The molecule has 1 unspecified atom stereocenters. The number of furan rings is 1. The van der Waals surface area contributed by atoms with Crippen LogP contribution in [0.15, 0.2) is 162 Å². The predicted molar refractivity (Wildman–Crippen MR) is 184 cm³/mol. The van der Waals surface area contributed by atoms with E-state index in [1.54, 1.807) is 6.20 Å². The summed E-state index contributed by atoms with van der Waals surface area (Å²) >= 11 is 0. The van der Waals surface area contributed by atoms with Gasteiger partial charge in [0.2, 0.25) is 0 Å². The molecule has 0 N–H and O–H groups in total. The van der Waals surface area contributed by atoms with E-state index in [0.717, 1.165) is 44.5 Å². The van der Waals surface area contributed by atoms with Crippen LogP contribution in [0.5, 0.6) is 0 Å². The van der Waals surface area contributed by atoms with Gasteiger partial charge in [-0.3, -0.25) is 0 Å². The summed E-state index contributed by atoms with van der Waals surface area (Å²) in [5.74, 6) is 0.274. The second-order valence-corrected chi connectivity index (χ2v) is 10.9. The van der Waals surface area contributed by atoms with Gasteiger partial charge >= 0.3 is 0 Å². The fraction of sp³-hybridized carbons (Fsp3) is 0.0476. The van der Waals surface area contributed by atoms with Crippen LogP contribution >= 0.6 is 0 Å². The molecule has 8 rings (SSSR count). The molecular weight excluding hydrogens is 741 g/mol. The molecule has 4 heteroatoms. The average Bonchev–Trinajstić information content (AvgIpc) is 3.51. The molecule has 1 radical (unpaired) electrons. The minimum Gasteiger partial charge on any atom is -0.501 e. The van der Waals surface area contributed by atoms with Gasteiger partial charge in [-0.05, 0) is 57.9 Å². The maximum Gasteiger partial charge on any atom is 0.120 e. The second-order valence-electron chi connectivity index (χ2n) is 10.9. The summed E-state index contributed by atoms with van der Waals surface area (Å²) in [6.45, 7) is 2.23. The Morgan fingerprint density at radius 2 is 1.33 bits per heavy atom. The second kappa shape index (κ2) is 14.3. The number of hydrogen-bond acceptors (Lipinski definition) is 3. The van der Waals surface area contributed by atoms with E-state index in [1.165, 1.54) is 22.3 Å². The molecule has 0 aliphatic heterocycles. The molecule has 3 aromatic heterocycles. The van der Waals surface area contributed by atoms with Gasteiger partial charge in [0, 0.05) is 43.8 Å². The van der Waals surface area contributed by atoms with Gasteiger partial charge in [0.1, 0.15) is 5.58 Å². The number of pyridine rings is 2. The third-order valence-corrected chi connectivity index (χ3v) is 8.03. The summed E-state index contributed by atoms with van der Waals surface area (Å²) in [6, 6.07) is 55.9. The van der Waals surface area contributed by atoms with E-state index in [1.807, 2.05) is 60.8 Å². The van der Waals surface area contributed by atoms with Gasteiger partial charge in [-0.2, -0.15) is 0 Å². The Labute approximate surface area is 283 Å². The molecule has 46 heavy (non-hydrogen) atoms. The van der Waals surface area contributed by atoms with E-state index in [9.17, 15) is 0 Å². The number of aromatic nitrogens is 2. The third-order valence-electron chi connectivity index (χ3n) is 8.03. The summed E-state index contributed by atoms with van der Waals surface area (Å²) in [5.41, 5.74) is 10.4. The number of fused-ring (bicyclic) bond motifs is 3. The molecule has 0 aliphatic carbocycles. The first kappa shape index (κ1) is 30.9. The third kappa shape index (κ3) is 6.60. The summed E-state index contributed by atoms with van der Waals surface area (Å²) in [4.78, 5) is 8.90. The number of rotatable bonds is 5. The first-order valence-corrected chi connectivity index (χ1v) is 15.1. The van der Waals surface area contributed by atoms with E-state index < -0.39 is 0 Å². The zero-order valence-electron chi connectivity index (χ0n) is 25.2. The Hall–Kier alpha value is -5.15. The quantitative estimate of drug-likeness (QED) is 0.164. The van der Waals surface area contributed by atoms with Crippen LogP contribution in [-0.2, 0) is 20.1 Å². The Morgan fingerprint density at radius 3 is 2.09 bits per heavy atom. The van der Waals surface area contributed by atoms with Crippen molar-refractivity contribution in [2.24, 2.45) is 0 Å². The zero-order chi connectivity index (χ0) is 30.4. The predicted octanol–water partition coefficient (Wildman–Crippen LogP) is 10.8. The van der Waals surface area contributed by atoms with Crippen molar-refractivity contribution < 1.29 is 24.5 Å². The maximum absolute atomic E-state index is 6.34. The van der Waals surface area contributed by atoms with E-state index in [2.05, 4.69) is 120 Å². The molecular formula is C42H30IrN2O-2. The molecule has 5 aromatic carbocycles. The summed E-state index contributed by atoms with van der Waals surface area (Å²) < 4.78 is 6.34. The van der Waals surface area contributed by atoms with Gasteiger partial charge in [-0.1, -0.05) is 103 Å². The van der Waals surface area contributed by atoms with Crippen LogP contribution in [0.3, 0.4) is 0 Å². The molecule has 0 saturated carbocycles. The van der Waals surface area contributed by atoms with Crippen molar-refractivity contribution in [1.29, 1.82) is 0 Å². The van der Waals surface area contributed by atoms with E-state index in [4.69, 9.17) is 4.42 Å². The Kier molecular flexibility index (Phi) is 9.59. The molecule has 0 spiro atoms. The van der Waals surface area contributed by atoms with Crippen molar-refractivity contribution >= 4 is 21.9 Å². The molecule has 8 aromatic rings. The molecule has 3 nitrogen and oxygen atoms in total. The molecule has 0 aliphatic rings. The minimum absolute atomic E-state index is 0. The standard InChI is InChI=1S/C31H22NO.C11H8N.Ir/c1-21(22-9-4-2-5-10-22)24-17-18-32-29(20-24)27-14-8-13-26-28-19-25(23-11-6-3-7-12-23)15-16-30(28)33-31(26)27;1-2-6-10(7-3-1)11-8-4-5-9-12-11;/h2-13,15-21H,1H3;1-6,8-9H;/q2*-1;. The van der Waals surface area contributed by atoms with Crippen molar-refractivity contribution in [3.05, 3.63) is 181 Å². The van der Waals surface area contributed by atoms with Gasteiger partial charge in [0.25, 0.3) is 0 Å². The number of nitrogens with zero attached hydrogens (tertiary/aromatic N) is 2. The van der Waals surface area contributed by atoms with Gasteiger partial charge in [-0.25, -0.2) is 0 Å². The Bertz CT molecular complexity index is 2130. The van der Waals surface area contributed by atoms with Gasteiger partial charge in [-0.15, -0.1) is 54.1 Å². The van der Waals surface area contributed by atoms with Crippen LogP contribution in [0.4, 0.5) is 0 Å². The van der Waals surface area contributed by atoms with E-state index in [0.29, 0.717) is 0 Å². The van der Waals surface area contributed by atoms with Crippen molar-refractivity contribution in [1.82, 2.24) is 9.97 Å². The monoisotopic (exact) mass is 771 g/mol. The fourth-order valence-corrected chi connectivity index (χ4v) is 5.60. The van der Waals surface area contributed by atoms with Gasteiger partial charge in [0.15, 0.2) is 0 Å². The average molecular weight is 771 g/mol. The summed E-state index contributed by atoms with van der Waals surface area (Å²) in [7, 11) is 0. The Balaban J connectivity index is 0.000000241. The smallest absolute Gasteiger partial charge is 0.120 e. The van der Waals surface area contributed by atoms with Crippen LogP contribution in [0, 0.1) is 12.1 Å². The van der Waals surface area contributed by atoms with Crippen molar-refractivity contribution in [3.63, 3.8) is 0 Å². The maximum atomic E-state index is 6.34. The normalized spacial score (nSPS) is 11.3. The SMILES string of the molecule is CC(c1ccccc1)c1ccnc(-c2[c-]ccc3c2oc2ccc(-c4ccccc4)cc23)c1.[Ir].[c-]1ccccc1-c1ccccn1. The number of benzene rings is 5.